The molecule has 3 heteroatoms. The molecule has 1 aromatic carbocycles. The van der Waals surface area contributed by atoms with E-state index >= 15 is 0 Å². The molecule has 0 spiro atoms. The summed E-state index contributed by atoms with van der Waals surface area (Å²) in [5, 5.41) is 0. The first-order valence-corrected chi connectivity index (χ1v) is 5.98. The lowest BCUT2D eigenvalue weighted by Crippen LogP contribution is -2.13. The molecule has 0 saturated carbocycles. The highest BCUT2D eigenvalue weighted by molar-refractivity contribution is 9.10. The molecule has 0 radical (unpaired) electrons. The minimum atomic E-state index is 0.00815. The summed E-state index contributed by atoms with van der Waals surface area (Å²) >= 11 is 3.49. The van der Waals surface area contributed by atoms with Gasteiger partial charge in [-0.1, -0.05) is 22.0 Å². The number of aryl methyl sites for hydroxylation is 1. The normalized spacial score (nSPS) is 12.7. The van der Waals surface area contributed by atoms with Crippen molar-refractivity contribution < 1.29 is 4.42 Å². The first-order chi connectivity index (χ1) is 7.65. The van der Waals surface area contributed by atoms with Crippen LogP contribution in [0.25, 0.3) is 0 Å². The molecule has 2 rings (SSSR count). The maximum Gasteiger partial charge on any atom is 0.0935 e. The van der Waals surface area contributed by atoms with Crippen molar-refractivity contribution in [3.63, 3.8) is 0 Å². The molecular weight excluding hydrogens is 266 g/mol. The van der Waals surface area contributed by atoms with Gasteiger partial charge in [0.1, 0.15) is 0 Å². The molecule has 1 heterocycles. The molecule has 0 aliphatic rings. The molecule has 0 aliphatic heterocycles. The SMILES string of the molecule is Cc1cc(Br)cc(C(N)Cc2ccoc2)c1. The van der Waals surface area contributed by atoms with Crippen LogP contribution in [0.15, 0.2) is 45.7 Å². The van der Waals surface area contributed by atoms with Gasteiger partial charge in [-0.05, 0) is 48.2 Å². The summed E-state index contributed by atoms with van der Waals surface area (Å²) in [6, 6.07) is 8.22. The van der Waals surface area contributed by atoms with Gasteiger partial charge in [-0.2, -0.15) is 0 Å². The minimum Gasteiger partial charge on any atom is -0.472 e. The predicted octanol–water partition coefficient (Wildman–Crippen LogP) is 3.59. The Morgan fingerprint density at radius 1 is 1.38 bits per heavy atom. The number of benzene rings is 1. The van der Waals surface area contributed by atoms with Crippen LogP contribution in [0.3, 0.4) is 0 Å². The Balaban J connectivity index is 2.17. The first-order valence-electron chi connectivity index (χ1n) is 5.19. The highest BCUT2D eigenvalue weighted by atomic mass is 79.9. The van der Waals surface area contributed by atoms with Crippen molar-refractivity contribution in [2.45, 2.75) is 19.4 Å². The summed E-state index contributed by atoms with van der Waals surface area (Å²) in [4.78, 5) is 0. The molecule has 1 unspecified atom stereocenters. The van der Waals surface area contributed by atoms with Gasteiger partial charge in [-0.15, -0.1) is 0 Å². The van der Waals surface area contributed by atoms with E-state index in [1.54, 1.807) is 12.5 Å². The maximum absolute atomic E-state index is 6.16. The van der Waals surface area contributed by atoms with Crippen LogP contribution in [0, 0.1) is 6.92 Å². The highest BCUT2D eigenvalue weighted by Crippen LogP contribution is 2.22. The molecule has 2 aromatic rings. The van der Waals surface area contributed by atoms with Crippen LogP contribution in [0.5, 0.6) is 0 Å². The van der Waals surface area contributed by atoms with E-state index < -0.39 is 0 Å². The summed E-state index contributed by atoms with van der Waals surface area (Å²) in [7, 11) is 0. The number of nitrogens with two attached hydrogens (primary N) is 1. The summed E-state index contributed by atoms with van der Waals surface area (Å²) in [5.41, 5.74) is 9.65. The van der Waals surface area contributed by atoms with Crippen molar-refractivity contribution in [3.8, 4) is 0 Å². The van der Waals surface area contributed by atoms with Gasteiger partial charge in [0.2, 0.25) is 0 Å². The molecule has 0 saturated heterocycles. The first kappa shape index (κ1) is 11.4. The molecule has 1 aromatic heterocycles. The lowest BCUT2D eigenvalue weighted by Gasteiger charge is -2.12. The van der Waals surface area contributed by atoms with Gasteiger partial charge in [0.15, 0.2) is 0 Å². The Labute approximate surface area is 104 Å². The Morgan fingerprint density at radius 2 is 2.19 bits per heavy atom. The smallest absolute Gasteiger partial charge is 0.0935 e. The van der Waals surface area contributed by atoms with Gasteiger partial charge in [-0.3, -0.25) is 0 Å². The monoisotopic (exact) mass is 279 g/mol. The summed E-state index contributed by atoms with van der Waals surface area (Å²) < 4.78 is 6.11. The van der Waals surface area contributed by atoms with E-state index in [-0.39, 0.29) is 6.04 Å². The van der Waals surface area contributed by atoms with E-state index in [1.807, 2.05) is 6.07 Å². The van der Waals surface area contributed by atoms with Crippen LogP contribution in [0.1, 0.15) is 22.7 Å². The predicted molar refractivity (Wildman–Crippen MR) is 68.2 cm³/mol. The van der Waals surface area contributed by atoms with Crippen LogP contribution < -0.4 is 5.73 Å². The molecule has 1 atom stereocenters. The van der Waals surface area contributed by atoms with E-state index in [2.05, 4.69) is 41.1 Å². The van der Waals surface area contributed by atoms with Crippen LogP contribution in [-0.4, -0.2) is 0 Å². The number of rotatable bonds is 3. The lowest BCUT2D eigenvalue weighted by molar-refractivity contribution is 0.561. The Bertz CT molecular complexity index is 445. The van der Waals surface area contributed by atoms with Crippen LogP contribution in [0.2, 0.25) is 0 Å². The highest BCUT2D eigenvalue weighted by Gasteiger charge is 2.09. The van der Waals surface area contributed by atoms with Gasteiger partial charge in [0, 0.05) is 10.5 Å². The summed E-state index contributed by atoms with van der Waals surface area (Å²) in [6.07, 6.45) is 4.21. The van der Waals surface area contributed by atoms with E-state index in [4.69, 9.17) is 10.2 Å². The fraction of sp³-hybridized carbons (Fsp3) is 0.231. The van der Waals surface area contributed by atoms with Crippen molar-refractivity contribution in [1.29, 1.82) is 0 Å². The van der Waals surface area contributed by atoms with Crippen molar-refractivity contribution in [2.75, 3.05) is 0 Å². The van der Waals surface area contributed by atoms with Crippen LogP contribution >= 0.6 is 15.9 Å². The molecule has 84 valence electrons. The third kappa shape index (κ3) is 2.74. The zero-order valence-corrected chi connectivity index (χ0v) is 10.7. The van der Waals surface area contributed by atoms with Crippen LogP contribution in [0.4, 0.5) is 0 Å². The molecule has 0 amide bonds. The van der Waals surface area contributed by atoms with Crippen molar-refractivity contribution in [3.05, 3.63) is 58.0 Å². The molecule has 0 aliphatic carbocycles. The van der Waals surface area contributed by atoms with Gasteiger partial charge < -0.3 is 10.2 Å². The van der Waals surface area contributed by atoms with E-state index in [0.717, 1.165) is 22.0 Å². The average Bonchev–Trinajstić information content (AvgIpc) is 2.68. The number of hydrogen-bond donors (Lipinski definition) is 1. The summed E-state index contributed by atoms with van der Waals surface area (Å²) in [5.74, 6) is 0. The standard InChI is InChI=1S/C13H14BrNO/c1-9-4-11(7-12(14)5-9)13(15)6-10-2-3-16-8-10/h2-5,7-8,13H,6,15H2,1H3. The topological polar surface area (TPSA) is 39.2 Å². The molecule has 0 bridgehead atoms. The minimum absolute atomic E-state index is 0.00815. The van der Waals surface area contributed by atoms with Gasteiger partial charge in [0.25, 0.3) is 0 Å². The van der Waals surface area contributed by atoms with Gasteiger partial charge in [-0.25, -0.2) is 0 Å². The van der Waals surface area contributed by atoms with Crippen LogP contribution in [-0.2, 0) is 6.42 Å². The quantitative estimate of drug-likeness (QED) is 0.933. The fourth-order valence-electron chi connectivity index (χ4n) is 1.76. The average molecular weight is 280 g/mol. The third-order valence-electron chi connectivity index (χ3n) is 2.53. The number of hydrogen-bond acceptors (Lipinski definition) is 2. The Kier molecular flexibility index (Phi) is 3.46. The van der Waals surface area contributed by atoms with Gasteiger partial charge in [0.05, 0.1) is 12.5 Å². The lowest BCUT2D eigenvalue weighted by atomic mass is 10.00. The van der Waals surface area contributed by atoms with E-state index in [0.29, 0.717) is 0 Å². The molecule has 0 fully saturated rings. The third-order valence-corrected chi connectivity index (χ3v) is 2.99. The zero-order valence-electron chi connectivity index (χ0n) is 9.11. The second-order valence-corrected chi connectivity index (χ2v) is 4.92. The number of furan rings is 1. The zero-order chi connectivity index (χ0) is 11.5. The van der Waals surface area contributed by atoms with Crippen molar-refractivity contribution in [2.24, 2.45) is 5.73 Å². The second kappa shape index (κ2) is 4.85. The fourth-order valence-corrected chi connectivity index (χ4v) is 2.38. The second-order valence-electron chi connectivity index (χ2n) is 4.00. The maximum atomic E-state index is 6.16. The molecule has 2 N–H and O–H groups in total. The van der Waals surface area contributed by atoms with Crippen molar-refractivity contribution >= 4 is 15.9 Å². The van der Waals surface area contributed by atoms with E-state index in [1.165, 1.54) is 5.56 Å². The summed E-state index contributed by atoms with van der Waals surface area (Å²) in [6.45, 7) is 2.07. The van der Waals surface area contributed by atoms with Gasteiger partial charge >= 0.3 is 0 Å². The molecule has 2 nitrogen and oxygen atoms in total. The van der Waals surface area contributed by atoms with Crippen molar-refractivity contribution in [1.82, 2.24) is 0 Å². The Morgan fingerprint density at radius 3 is 2.81 bits per heavy atom. The number of halogens is 1. The largest absolute Gasteiger partial charge is 0.472 e. The Hall–Kier alpha value is -1.06. The molecular formula is C13H14BrNO. The molecule has 16 heavy (non-hydrogen) atoms. The van der Waals surface area contributed by atoms with E-state index in [9.17, 15) is 0 Å².